The van der Waals surface area contributed by atoms with E-state index in [-0.39, 0.29) is 12.1 Å². The van der Waals surface area contributed by atoms with Gasteiger partial charge in [0, 0.05) is 45.5 Å². The van der Waals surface area contributed by atoms with Crippen molar-refractivity contribution in [3.63, 3.8) is 0 Å². The highest BCUT2D eigenvalue weighted by atomic mass is 16.5. The number of hydrogen-bond donors (Lipinski definition) is 2. The van der Waals surface area contributed by atoms with Gasteiger partial charge < -0.3 is 20.3 Å². The van der Waals surface area contributed by atoms with E-state index in [9.17, 15) is 9.59 Å². The number of nitrogens with zero attached hydrogens (tertiary/aromatic N) is 2. The molecule has 0 aliphatic carbocycles. The lowest BCUT2D eigenvalue weighted by Crippen LogP contribution is -2.47. The molecule has 144 valence electrons. The van der Waals surface area contributed by atoms with E-state index < -0.39 is 11.8 Å². The molecular weight excluding hydrogens is 332 g/mol. The van der Waals surface area contributed by atoms with Gasteiger partial charge in [-0.25, -0.2) is 0 Å². The van der Waals surface area contributed by atoms with E-state index in [0.717, 1.165) is 24.3 Å². The van der Waals surface area contributed by atoms with Crippen molar-refractivity contribution in [1.29, 1.82) is 0 Å². The molecule has 1 saturated heterocycles. The Morgan fingerprint density at radius 2 is 1.73 bits per heavy atom. The van der Waals surface area contributed by atoms with Crippen LogP contribution in [-0.2, 0) is 14.3 Å². The summed E-state index contributed by atoms with van der Waals surface area (Å²) in [5.74, 6) is -1.19. The second-order valence-electron chi connectivity index (χ2n) is 6.99. The minimum atomic E-state index is -0.595. The lowest BCUT2D eigenvalue weighted by atomic mass is 10.0. The van der Waals surface area contributed by atoms with E-state index in [1.54, 1.807) is 0 Å². The molecule has 0 saturated carbocycles. The number of nitrogens with one attached hydrogen (secondary N) is 2. The van der Waals surface area contributed by atoms with Crippen molar-refractivity contribution in [2.75, 3.05) is 51.8 Å². The summed E-state index contributed by atoms with van der Waals surface area (Å²) in [5, 5.41) is 5.39. The molecule has 1 aliphatic rings. The second kappa shape index (κ2) is 9.54. The zero-order valence-electron chi connectivity index (χ0n) is 16.1. The third-order valence-electron chi connectivity index (χ3n) is 4.36. The summed E-state index contributed by atoms with van der Waals surface area (Å²) in [4.78, 5) is 28.2. The van der Waals surface area contributed by atoms with Crippen LogP contribution in [-0.4, -0.2) is 69.7 Å². The minimum absolute atomic E-state index is 0.00547. The van der Waals surface area contributed by atoms with Gasteiger partial charge in [0.1, 0.15) is 0 Å². The fourth-order valence-electron chi connectivity index (χ4n) is 2.94. The number of carbonyl (C=O) groups is 2. The van der Waals surface area contributed by atoms with E-state index in [1.807, 2.05) is 32.8 Å². The highest BCUT2D eigenvalue weighted by molar-refractivity contribution is 6.35. The molecule has 0 aromatic heterocycles. The van der Waals surface area contributed by atoms with Gasteiger partial charge in [0.05, 0.1) is 19.3 Å². The van der Waals surface area contributed by atoms with Gasteiger partial charge in [-0.15, -0.1) is 0 Å². The first-order valence-electron chi connectivity index (χ1n) is 9.06. The summed E-state index contributed by atoms with van der Waals surface area (Å²) in [6.45, 7) is 6.98. The quantitative estimate of drug-likeness (QED) is 0.731. The summed E-state index contributed by atoms with van der Waals surface area (Å²) in [7, 11) is 4.00. The first-order chi connectivity index (χ1) is 12.4. The molecule has 0 unspecified atom stereocenters. The van der Waals surface area contributed by atoms with Gasteiger partial charge in [0.2, 0.25) is 0 Å². The number of carbonyl (C=O) groups excluding carboxylic acids is 2. The van der Waals surface area contributed by atoms with Gasteiger partial charge in [-0.3, -0.25) is 14.5 Å². The topological polar surface area (TPSA) is 73.9 Å². The van der Waals surface area contributed by atoms with Crippen LogP contribution < -0.4 is 15.5 Å². The average Bonchev–Trinajstić information content (AvgIpc) is 2.62. The second-order valence-corrected chi connectivity index (χ2v) is 6.99. The molecule has 1 fully saturated rings. The minimum Gasteiger partial charge on any atom is -0.379 e. The largest absolute Gasteiger partial charge is 0.379 e. The van der Waals surface area contributed by atoms with Crippen molar-refractivity contribution in [1.82, 2.24) is 15.5 Å². The van der Waals surface area contributed by atoms with Crippen LogP contribution in [0.3, 0.4) is 0 Å². The number of anilines is 1. The van der Waals surface area contributed by atoms with Crippen molar-refractivity contribution in [3.05, 3.63) is 29.8 Å². The number of benzene rings is 1. The summed E-state index contributed by atoms with van der Waals surface area (Å²) in [6, 6.07) is 8.23. The number of hydrogen-bond acceptors (Lipinski definition) is 5. The zero-order valence-corrected chi connectivity index (χ0v) is 16.1. The first-order valence-corrected chi connectivity index (χ1v) is 9.06. The lowest BCUT2D eigenvalue weighted by Gasteiger charge is -2.35. The van der Waals surface area contributed by atoms with E-state index in [1.165, 1.54) is 0 Å². The standard InChI is InChI=1S/C19H30N4O3/c1-14(2)21-19(25)18(24)20-13-17(23-9-11-26-12-10-23)15-5-7-16(8-6-15)22(3)4/h5-8,14,17H,9-13H2,1-4H3,(H,20,24)(H,21,25)/t17-/m1/s1. The molecule has 2 amide bonds. The van der Waals surface area contributed by atoms with E-state index in [2.05, 4.69) is 39.8 Å². The van der Waals surface area contributed by atoms with Crippen molar-refractivity contribution >= 4 is 17.5 Å². The van der Waals surface area contributed by atoms with Gasteiger partial charge in [0.15, 0.2) is 0 Å². The Labute approximate surface area is 155 Å². The number of amides is 2. The predicted molar refractivity (Wildman–Crippen MR) is 102 cm³/mol. The Balaban J connectivity index is 2.08. The Hall–Kier alpha value is -2.12. The van der Waals surface area contributed by atoms with Crippen LogP contribution in [0.1, 0.15) is 25.5 Å². The maximum absolute atomic E-state index is 12.1. The van der Waals surface area contributed by atoms with E-state index >= 15 is 0 Å². The summed E-state index contributed by atoms with van der Waals surface area (Å²) < 4.78 is 5.44. The Morgan fingerprint density at radius 1 is 1.12 bits per heavy atom. The molecule has 1 aliphatic heterocycles. The van der Waals surface area contributed by atoms with Crippen molar-refractivity contribution < 1.29 is 14.3 Å². The van der Waals surface area contributed by atoms with E-state index in [4.69, 9.17) is 4.74 Å². The van der Waals surface area contributed by atoms with Gasteiger partial charge in [-0.1, -0.05) is 12.1 Å². The Bertz CT molecular complexity index is 595. The van der Waals surface area contributed by atoms with Crippen molar-refractivity contribution in [3.8, 4) is 0 Å². The van der Waals surface area contributed by atoms with Crippen LogP contribution in [0.4, 0.5) is 5.69 Å². The van der Waals surface area contributed by atoms with Crippen LogP contribution in [0.25, 0.3) is 0 Å². The third kappa shape index (κ3) is 5.71. The molecular formula is C19H30N4O3. The molecule has 26 heavy (non-hydrogen) atoms. The van der Waals surface area contributed by atoms with Gasteiger partial charge in [-0.05, 0) is 31.5 Å². The van der Waals surface area contributed by atoms with Crippen LogP contribution in [0.2, 0.25) is 0 Å². The Morgan fingerprint density at radius 3 is 2.27 bits per heavy atom. The number of rotatable bonds is 6. The lowest BCUT2D eigenvalue weighted by molar-refractivity contribution is -0.139. The zero-order chi connectivity index (χ0) is 19.1. The molecule has 7 nitrogen and oxygen atoms in total. The molecule has 0 radical (unpaired) electrons. The predicted octanol–water partition coefficient (Wildman–Crippen LogP) is 0.767. The molecule has 7 heteroatoms. The molecule has 1 aromatic rings. The van der Waals surface area contributed by atoms with Gasteiger partial charge in [-0.2, -0.15) is 0 Å². The molecule has 0 spiro atoms. The molecule has 1 heterocycles. The fourth-order valence-corrected chi connectivity index (χ4v) is 2.94. The number of morpholine rings is 1. The highest BCUT2D eigenvalue weighted by Crippen LogP contribution is 2.23. The number of ether oxygens (including phenoxy) is 1. The fraction of sp³-hybridized carbons (Fsp3) is 0.579. The molecule has 0 bridgehead atoms. The summed E-state index contributed by atoms with van der Waals surface area (Å²) in [5.41, 5.74) is 2.23. The van der Waals surface area contributed by atoms with Crippen LogP contribution in [0.5, 0.6) is 0 Å². The van der Waals surface area contributed by atoms with Crippen LogP contribution in [0.15, 0.2) is 24.3 Å². The molecule has 2 rings (SSSR count). The van der Waals surface area contributed by atoms with Crippen molar-refractivity contribution in [2.24, 2.45) is 0 Å². The maximum Gasteiger partial charge on any atom is 0.309 e. The maximum atomic E-state index is 12.1. The van der Waals surface area contributed by atoms with Crippen LogP contribution >= 0.6 is 0 Å². The molecule has 1 atom stereocenters. The highest BCUT2D eigenvalue weighted by Gasteiger charge is 2.24. The van der Waals surface area contributed by atoms with Crippen molar-refractivity contribution in [2.45, 2.75) is 25.9 Å². The molecule has 2 N–H and O–H groups in total. The monoisotopic (exact) mass is 362 g/mol. The SMILES string of the molecule is CC(C)NC(=O)C(=O)NC[C@H](c1ccc(N(C)C)cc1)N1CCOCC1. The third-order valence-corrected chi connectivity index (χ3v) is 4.36. The van der Waals surface area contributed by atoms with E-state index in [0.29, 0.717) is 19.8 Å². The summed E-state index contributed by atoms with van der Waals surface area (Å²) in [6.07, 6.45) is 0. The molecule has 1 aromatic carbocycles. The van der Waals surface area contributed by atoms with Gasteiger partial charge >= 0.3 is 11.8 Å². The Kier molecular flexibility index (Phi) is 7.41. The van der Waals surface area contributed by atoms with Gasteiger partial charge in [0.25, 0.3) is 0 Å². The summed E-state index contributed by atoms with van der Waals surface area (Å²) >= 11 is 0. The average molecular weight is 362 g/mol. The normalized spacial score (nSPS) is 16.2. The smallest absolute Gasteiger partial charge is 0.309 e. The van der Waals surface area contributed by atoms with Crippen LogP contribution in [0, 0.1) is 0 Å². The first kappa shape index (κ1) is 20.2.